The summed E-state index contributed by atoms with van der Waals surface area (Å²) in [6.07, 6.45) is 2.05. The second kappa shape index (κ2) is 8.16. The van der Waals surface area contributed by atoms with E-state index in [4.69, 9.17) is 4.74 Å². The standard InChI is InChI=1S/C12H25N5O/c1-10(2)7-11(9-13-5-6-18-4)8-12-14-16-17(3)15-12/h10-11,13H,5-9H2,1-4H3. The Hall–Kier alpha value is -1.01. The van der Waals surface area contributed by atoms with Gasteiger partial charge in [0.05, 0.1) is 13.7 Å². The van der Waals surface area contributed by atoms with E-state index in [0.29, 0.717) is 11.8 Å². The van der Waals surface area contributed by atoms with E-state index in [1.54, 1.807) is 14.2 Å². The minimum Gasteiger partial charge on any atom is -0.383 e. The monoisotopic (exact) mass is 255 g/mol. The second-order valence-corrected chi connectivity index (χ2v) is 5.09. The van der Waals surface area contributed by atoms with Crippen LogP contribution in [0, 0.1) is 11.8 Å². The Kier molecular flexibility index (Phi) is 6.82. The van der Waals surface area contributed by atoms with Crippen molar-refractivity contribution in [2.24, 2.45) is 18.9 Å². The Morgan fingerprint density at radius 2 is 2.17 bits per heavy atom. The first-order valence-corrected chi connectivity index (χ1v) is 6.54. The number of aromatic nitrogens is 4. The van der Waals surface area contributed by atoms with Crippen molar-refractivity contribution in [3.63, 3.8) is 0 Å². The molecule has 1 unspecified atom stereocenters. The number of hydrogen-bond acceptors (Lipinski definition) is 5. The molecule has 0 aliphatic rings. The maximum absolute atomic E-state index is 5.03. The summed E-state index contributed by atoms with van der Waals surface area (Å²) in [5.41, 5.74) is 0. The lowest BCUT2D eigenvalue weighted by Gasteiger charge is -2.18. The van der Waals surface area contributed by atoms with Crippen LogP contribution in [-0.2, 0) is 18.2 Å². The summed E-state index contributed by atoms with van der Waals surface area (Å²) in [5, 5.41) is 15.6. The van der Waals surface area contributed by atoms with Gasteiger partial charge in [0.25, 0.3) is 0 Å². The van der Waals surface area contributed by atoms with Crippen molar-refractivity contribution < 1.29 is 4.74 Å². The van der Waals surface area contributed by atoms with Crippen molar-refractivity contribution in [3.05, 3.63) is 5.82 Å². The highest BCUT2D eigenvalue weighted by molar-refractivity contribution is 4.82. The lowest BCUT2D eigenvalue weighted by molar-refractivity contribution is 0.197. The number of hydrogen-bond donors (Lipinski definition) is 1. The van der Waals surface area contributed by atoms with Gasteiger partial charge in [-0.2, -0.15) is 4.80 Å². The molecule has 1 aromatic heterocycles. The number of methoxy groups -OCH3 is 1. The first kappa shape index (κ1) is 15.0. The smallest absolute Gasteiger partial charge is 0.175 e. The van der Waals surface area contributed by atoms with E-state index in [-0.39, 0.29) is 0 Å². The predicted octanol–water partition coefficient (Wildman–Crippen LogP) is 0.651. The third kappa shape index (κ3) is 6.07. The fourth-order valence-corrected chi connectivity index (χ4v) is 2.05. The summed E-state index contributed by atoms with van der Waals surface area (Å²) >= 11 is 0. The highest BCUT2D eigenvalue weighted by atomic mass is 16.5. The first-order valence-electron chi connectivity index (χ1n) is 6.54. The third-order valence-corrected chi connectivity index (χ3v) is 2.74. The summed E-state index contributed by atoms with van der Waals surface area (Å²) < 4.78 is 5.03. The van der Waals surface area contributed by atoms with Crippen LogP contribution in [0.25, 0.3) is 0 Å². The van der Waals surface area contributed by atoms with E-state index in [9.17, 15) is 0 Å². The Bertz CT molecular complexity index is 326. The van der Waals surface area contributed by atoms with Crippen LogP contribution >= 0.6 is 0 Å². The normalized spacial score (nSPS) is 13.2. The zero-order valence-corrected chi connectivity index (χ0v) is 11.9. The van der Waals surface area contributed by atoms with Gasteiger partial charge in [-0.25, -0.2) is 0 Å². The molecule has 0 aliphatic heterocycles. The molecule has 1 rings (SSSR count). The van der Waals surface area contributed by atoms with E-state index in [2.05, 4.69) is 34.6 Å². The van der Waals surface area contributed by atoms with Crippen molar-refractivity contribution in [2.45, 2.75) is 26.7 Å². The van der Waals surface area contributed by atoms with Gasteiger partial charge in [-0.05, 0) is 30.0 Å². The third-order valence-electron chi connectivity index (χ3n) is 2.74. The van der Waals surface area contributed by atoms with Gasteiger partial charge in [0.2, 0.25) is 0 Å². The van der Waals surface area contributed by atoms with Crippen LogP contribution in [0.1, 0.15) is 26.1 Å². The molecule has 0 spiro atoms. The topological polar surface area (TPSA) is 64.9 Å². The van der Waals surface area contributed by atoms with Gasteiger partial charge < -0.3 is 10.1 Å². The molecule has 1 aromatic rings. The summed E-state index contributed by atoms with van der Waals surface area (Å²) in [6, 6.07) is 0. The molecule has 6 heteroatoms. The van der Waals surface area contributed by atoms with Crippen LogP contribution in [0.3, 0.4) is 0 Å². The fraction of sp³-hybridized carbons (Fsp3) is 0.917. The molecule has 6 nitrogen and oxygen atoms in total. The average Bonchev–Trinajstić information content (AvgIpc) is 2.69. The SMILES string of the molecule is COCCNCC(Cc1nnn(C)n1)CC(C)C. The number of nitrogens with zero attached hydrogens (tertiary/aromatic N) is 4. The Balaban J connectivity index is 2.39. The Morgan fingerprint density at radius 3 is 2.72 bits per heavy atom. The molecule has 0 amide bonds. The molecule has 1 atom stereocenters. The van der Waals surface area contributed by atoms with Crippen LogP contribution in [0.2, 0.25) is 0 Å². The molecule has 0 bridgehead atoms. The number of rotatable bonds is 9. The lowest BCUT2D eigenvalue weighted by atomic mass is 9.94. The Morgan fingerprint density at radius 1 is 1.39 bits per heavy atom. The Labute approximate surface area is 109 Å². The largest absolute Gasteiger partial charge is 0.383 e. The molecule has 18 heavy (non-hydrogen) atoms. The molecule has 0 aliphatic carbocycles. The van der Waals surface area contributed by atoms with Crippen molar-refractivity contribution >= 4 is 0 Å². The van der Waals surface area contributed by atoms with Crippen LogP contribution < -0.4 is 5.32 Å². The van der Waals surface area contributed by atoms with Crippen LogP contribution in [0.4, 0.5) is 0 Å². The first-order chi connectivity index (χ1) is 8.61. The van der Waals surface area contributed by atoms with Crippen LogP contribution in [-0.4, -0.2) is 47.0 Å². The van der Waals surface area contributed by atoms with Crippen LogP contribution in [0.15, 0.2) is 0 Å². The molecule has 104 valence electrons. The molecule has 0 radical (unpaired) electrons. The van der Waals surface area contributed by atoms with Gasteiger partial charge in [0, 0.05) is 20.1 Å². The lowest BCUT2D eigenvalue weighted by Crippen LogP contribution is -2.28. The molecule has 1 N–H and O–H groups in total. The minimum atomic E-state index is 0.547. The van der Waals surface area contributed by atoms with Gasteiger partial charge in [0.1, 0.15) is 0 Å². The van der Waals surface area contributed by atoms with Crippen molar-refractivity contribution in [1.29, 1.82) is 0 Å². The zero-order chi connectivity index (χ0) is 13.4. The van der Waals surface area contributed by atoms with Crippen molar-refractivity contribution in [2.75, 3.05) is 26.8 Å². The molecule has 0 saturated carbocycles. The maximum Gasteiger partial charge on any atom is 0.175 e. The number of ether oxygens (including phenoxy) is 1. The summed E-state index contributed by atoms with van der Waals surface area (Å²) in [4.78, 5) is 1.51. The van der Waals surface area contributed by atoms with Crippen molar-refractivity contribution in [3.8, 4) is 0 Å². The number of tetrazole rings is 1. The molecule has 0 aromatic carbocycles. The van der Waals surface area contributed by atoms with Gasteiger partial charge >= 0.3 is 0 Å². The van der Waals surface area contributed by atoms with E-state index in [0.717, 1.165) is 38.4 Å². The van der Waals surface area contributed by atoms with E-state index < -0.39 is 0 Å². The molecular formula is C12H25N5O. The highest BCUT2D eigenvalue weighted by Gasteiger charge is 2.14. The van der Waals surface area contributed by atoms with Gasteiger partial charge in [-0.15, -0.1) is 10.2 Å². The number of aryl methyl sites for hydroxylation is 1. The molecular weight excluding hydrogens is 230 g/mol. The molecule has 0 saturated heterocycles. The molecule has 1 heterocycles. The van der Waals surface area contributed by atoms with Crippen LogP contribution in [0.5, 0.6) is 0 Å². The fourth-order valence-electron chi connectivity index (χ4n) is 2.05. The van der Waals surface area contributed by atoms with E-state index in [1.807, 2.05) is 0 Å². The maximum atomic E-state index is 5.03. The second-order valence-electron chi connectivity index (χ2n) is 5.09. The zero-order valence-electron chi connectivity index (χ0n) is 11.9. The van der Waals surface area contributed by atoms with E-state index >= 15 is 0 Å². The molecule has 0 fully saturated rings. The number of nitrogens with one attached hydrogen (secondary N) is 1. The highest BCUT2D eigenvalue weighted by Crippen LogP contribution is 2.14. The van der Waals surface area contributed by atoms with Crippen molar-refractivity contribution in [1.82, 2.24) is 25.5 Å². The summed E-state index contributed by atoms with van der Waals surface area (Å²) in [6.45, 7) is 7.09. The van der Waals surface area contributed by atoms with Gasteiger partial charge in [-0.3, -0.25) is 0 Å². The van der Waals surface area contributed by atoms with Gasteiger partial charge in [-0.1, -0.05) is 13.8 Å². The average molecular weight is 255 g/mol. The quantitative estimate of drug-likeness (QED) is 0.656. The van der Waals surface area contributed by atoms with E-state index in [1.165, 1.54) is 4.80 Å². The summed E-state index contributed by atoms with van der Waals surface area (Å²) in [5.74, 6) is 2.05. The van der Waals surface area contributed by atoms with Gasteiger partial charge in [0.15, 0.2) is 5.82 Å². The minimum absolute atomic E-state index is 0.547. The summed E-state index contributed by atoms with van der Waals surface area (Å²) in [7, 11) is 3.52. The predicted molar refractivity (Wildman–Crippen MR) is 70.2 cm³/mol.